The average molecular weight is 454 g/mol. The Kier molecular flexibility index (Phi) is 6.37. The number of nitrogens with zero attached hydrogens (tertiary/aromatic N) is 1. The number of benzene rings is 1. The first-order chi connectivity index (χ1) is 14.0. The topological polar surface area (TPSA) is 64.5 Å². The predicted octanol–water partition coefficient (Wildman–Crippen LogP) is 3.77. The van der Waals surface area contributed by atoms with E-state index in [1.54, 1.807) is 0 Å². The zero-order valence-corrected chi connectivity index (χ0v) is 21.4. The molecule has 6 heteroatoms. The molecule has 172 valence electrons. The quantitative estimate of drug-likeness (QED) is 0.487. The highest BCUT2D eigenvalue weighted by molar-refractivity contribution is 8.63. The molecule has 0 aliphatic carbocycles. The highest BCUT2D eigenvalue weighted by Crippen LogP contribution is 2.88. The minimum Gasteiger partial charge on any atom is -0.401 e. The highest BCUT2D eigenvalue weighted by Gasteiger charge is 2.65. The molecule has 2 saturated heterocycles. The van der Waals surface area contributed by atoms with Crippen molar-refractivity contribution in [3.05, 3.63) is 36.0 Å². The van der Waals surface area contributed by atoms with Crippen LogP contribution in [-0.4, -0.2) is 55.1 Å². The summed E-state index contributed by atoms with van der Waals surface area (Å²) in [5, 5.41) is 8.91. The number of aryl methyl sites for hydroxylation is 1. The highest BCUT2D eigenvalue weighted by atomic mass is 32.4. The minimum absolute atomic E-state index is 0.197. The maximum atomic E-state index is 7.62. The molecule has 30 heavy (non-hydrogen) atoms. The van der Waals surface area contributed by atoms with Crippen LogP contribution in [0, 0.1) is 0 Å². The number of ether oxygens (including phenoxy) is 1. The van der Waals surface area contributed by atoms with Crippen molar-refractivity contribution in [2.75, 3.05) is 55.2 Å². The lowest BCUT2D eigenvalue weighted by Gasteiger charge is -2.84. The minimum atomic E-state index is -2.98. The predicted molar refractivity (Wildman–Crippen MR) is 141 cm³/mol. The lowest BCUT2D eigenvalue weighted by atomic mass is 9.96. The maximum absolute atomic E-state index is 7.62. The van der Waals surface area contributed by atoms with Gasteiger partial charge in [0.15, 0.2) is 0 Å². The lowest BCUT2D eigenvalue weighted by molar-refractivity contribution is 0.0823. The number of anilines is 1. The fraction of sp³-hybridized carbons (Fsp3) is 0.667. The molecule has 2 heterocycles. The van der Waals surface area contributed by atoms with E-state index in [1.165, 1.54) is 42.2 Å². The molecule has 2 fully saturated rings. The van der Waals surface area contributed by atoms with Gasteiger partial charge in [0.2, 0.25) is 0 Å². The third-order valence-electron chi connectivity index (χ3n) is 8.21. The Morgan fingerprint density at radius 3 is 2.37 bits per heavy atom. The van der Waals surface area contributed by atoms with E-state index in [1.807, 2.05) is 0 Å². The van der Waals surface area contributed by atoms with Gasteiger partial charge in [0, 0.05) is 42.4 Å². The van der Waals surface area contributed by atoms with E-state index in [9.17, 15) is 0 Å². The Morgan fingerprint density at radius 2 is 1.83 bits per heavy atom. The molecule has 0 bridgehead atoms. The molecule has 1 aromatic carbocycles. The summed E-state index contributed by atoms with van der Waals surface area (Å²) in [4.78, 5) is 2.52. The molecule has 0 saturated carbocycles. The van der Waals surface area contributed by atoms with Gasteiger partial charge in [-0.1, -0.05) is 32.4 Å². The molecule has 1 unspecified atom stereocenters. The molecule has 2 aliphatic rings. The SMILES string of the molecule is C=C(N)C1(S2(C)(C)(N)CCN(c3ccc(CCCCC)cc3P)CC2)CCOCC1. The number of hydrogen-bond acceptors (Lipinski definition) is 4. The maximum Gasteiger partial charge on any atom is 0.0482 e. The largest absolute Gasteiger partial charge is 0.401 e. The van der Waals surface area contributed by atoms with Gasteiger partial charge >= 0.3 is 0 Å². The van der Waals surface area contributed by atoms with Crippen molar-refractivity contribution in [3.8, 4) is 0 Å². The second-order valence-electron chi connectivity index (χ2n) is 10.8. The fourth-order valence-electron chi connectivity index (χ4n) is 5.74. The van der Waals surface area contributed by atoms with Crippen LogP contribution >= 0.6 is 17.7 Å². The molecule has 2 aliphatic heterocycles. The Labute approximate surface area is 185 Å². The Morgan fingerprint density at radius 1 is 1.20 bits per heavy atom. The number of rotatable bonds is 7. The van der Waals surface area contributed by atoms with Crippen LogP contribution in [0.2, 0.25) is 0 Å². The summed E-state index contributed by atoms with van der Waals surface area (Å²) >= 11 is 0. The van der Waals surface area contributed by atoms with E-state index >= 15 is 0 Å². The molecule has 1 atom stereocenters. The monoisotopic (exact) mass is 453 g/mol. The Balaban J connectivity index is 1.81. The van der Waals surface area contributed by atoms with Crippen molar-refractivity contribution in [2.45, 2.75) is 50.2 Å². The van der Waals surface area contributed by atoms with Gasteiger partial charge in [-0.3, -0.25) is 0 Å². The lowest BCUT2D eigenvalue weighted by Crippen LogP contribution is -2.71. The normalized spacial score (nSPS) is 26.6. The van der Waals surface area contributed by atoms with E-state index in [0.29, 0.717) is 0 Å². The molecule has 0 amide bonds. The van der Waals surface area contributed by atoms with E-state index in [0.717, 1.165) is 56.3 Å². The van der Waals surface area contributed by atoms with Gasteiger partial charge in [0.1, 0.15) is 0 Å². The first kappa shape index (κ1) is 23.9. The summed E-state index contributed by atoms with van der Waals surface area (Å²) in [5.41, 5.74) is 10.0. The van der Waals surface area contributed by atoms with Gasteiger partial charge in [-0.2, -0.15) is 0 Å². The third-order valence-corrected chi connectivity index (χ3v) is 15.9. The summed E-state index contributed by atoms with van der Waals surface area (Å²) in [6.07, 6.45) is 11.6. The number of unbranched alkanes of at least 4 members (excludes halogenated alkanes) is 2. The van der Waals surface area contributed by atoms with Gasteiger partial charge in [0.25, 0.3) is 0 Å². The smallest absolute Gasteiger partial charge is 0.0482 e. The third kappa shape index (κ3) is 4.03. The molecule has 0 aromatic heterocycles. The summed E-state index contributed by atoms with van der Waals surface area (Å²) in [7, 11) is -0.0214. The second kappa shape index (κ2) is 7.99. The number of nitrogens with two attached hydrogens (primary N) is 2. The van der Waals surface area contributed by atoms with Crippen LogP contribution in [0.5, 0.6) is 0 Å². The van der Waals surface area contributed by atoms with Crippen LogP contribution < -0.4 is 21.1 Å². The van der Waals surface area contributed by atoms with Crippen LogP contribution in [-0.2, 0) is 11.2 Å². The molecule has 4 nitrogen and oxygen atoms in total. The molecular formula is C24H44N3OPS. The van der Waals surface area contributed by atoms with Crippen molar-refractivity contribution in [3.63, 3.8) is 0 Å². The van der Waals surface area contributed by atoms with Crippen LogP contribution in [0.4, 0.5) is 5.69 Å². The molecule has 3 rings (SSSR count). The first-order valence-corrected chi connectivity index (χ1v) is 15.7. The van der Waals surface area contributed by atoms with Crippen molar-refractivity contribution in [1.29, 1.82) is 0 Å². The van der Waals surface area contributed by atoms with E-state index in [4.69, 9.17) is 15.6 Å². The van der Waals surface area contributed by atoms with Crippen molar-refractivity contribution < 1.29 is 4.74 Å². The zero-order valence-electron chi connectivity index (χ0n) is 19.4. The molecule has 0 radical (unpaired) electrons. The van der Waals surface area contributed by atoms with E-state index < -0.39 is 8.48 Å². The molecule has 0 spiro atoms. The Bertz CT molecular complexity index is 794. The van der Waals surface area contributed by atoms with E-state index in [2.05, 4.69) is 58.4 Å². The Hall–Kier alpha value is -0.740. The summed E-state index contributed by atoms with van der Waals surface area (Å²) in [6, 6.07) is 6.97. The van der Waals surface area contributed by atoms with Gasteiger partial charge in [0.05, 0.1) is 0 Å². The average Bonchev–Trinajstić information content (AvgIpc) is 2.69. The van der Waals surface area contributed by atoms with Gasteiger partial charge in [-0.15, -0.1) is 9.24 Å². The summed E-state index contributed by atoms with van der Waals surface area (Å²) in [6.45, 7) is 9.90. The van der Waals surface area contributed by atoms with Crippen molar-refractivity contribution in [2.24, 2.45) is 10.9 Å². The first-order valence-electron chi connectivity index (χ1n) is 11.5. The van der Waals surface area contributed by atoms with Crippen molar-refractivity contribution >= 4 is 28.7 Å². The standard InChI is InChI=1S/C24H44N3OPS/c1-5-6-7-8-21-9-10-22(23(29)19-21)27-13-17-30(3,4,26,18-14-27)24(20(2)25)11-15-28-16-12-24/h9-10,19H,2,5-8,11-18,25-26,29H2,1,3-4H3. The summed E-state index contributed by atoms with van der Waals surface area (Å²) < 4.78 is 5.51. The van der Waals surface area contributed by atoms with Crippen LogP contribution in [0.25, 0.3) is 0 Å². The molecule has 4 N–H and O–H groups in total. The fourth-order valence-corrected chi connectivity index (χ4v) is 11.9. The van der Waals surface area contributed by atoms with Crippen LogP contribution in [0.3, 0.4) is 0 Å². The number of hydrogen-bond donors (Lipinski definition) is 2. The molecular weight excluding hydrogens is 409 g/mol. The second-order valence-corrected chi connectivity index (χ2v) is 19.8. The van der Waals surface area contributed by atoms with Gasteiger partial charge in [-0.25, -0.2) is 8.48 Å². The van der Waals surface area contributed by atoms with Crippen LogP contribution in [0.15, 0.2) is 30.5 Å². The van der Waals surface area contributed by atoms with Crippen molar-refractivity contribution in [1.82, 2.24) is 0 Å². The van der Waals surface area contributed by atoms with Gasteiger partial charge in [-0.05, 0) is 72.7 Å². The van der Waals surface area contributed by atoms with Gasteiger partial charge < -0.3 is 20.5 Å². The van der Waals surface area contributed by atoms with Crippen LogP contribution in [0.1, 0.15) is 44.6 Å². The zero-order chi connectivity index (χ0) is 22.1. The summed E-state index contributed by atoms with van der Waals surface area (Å²) in [5.74, 6) is 1.97. The molecule has 1 aromatic rings. The van der Waals surface area contributed by atoms with E-state index in [-0.39, 0.29) is 4.75 Å².